The Morgan fingerprint density at radius 1 is 1.31 bits per heavy atom. The van der Waals surface area contributed by atoms with Crippen LogP contribution in [0.15, 0.2) is 0 Å². The van der Waals surface area contributed by atoms with Crippen molar-refractivity contribution in [2.75, 3.05) is 13.2 Å². The lowest BCUT2D eigenvalue weighted by Gasteiger charge is -2.17. The molecule has 3 N–H and O–H groups in total. The molecule has 0 radical (unpaired) electrons. The van der Waals surface area contributed by atoms with Crippen LogP contribution in [-0.4, -0.2) is 31.2 Å². The second-order valence-electron chi connectivity index (χ2n) is 4.34. The zero-order valence-corrected chi connectivity index (χ0v) is 11.5. The lowest BCUT2D eigenvalue weighted by molar-refractivity contribution is -0.132. The van der Waals surface area contributed by atoms with Crippen LogP contribution in [-0.2, 0) is 9.53 Å². The van der Waals surface area contributed by atoms with E-state index < -0.39 is 6.10 Å². The predicted molar refractivity (Wildman–Crippen MR) is 68.8 cm³/mol. The van der Waals surface area contributed by atoms with Crippen LogP contribution in [0.25, 0.3) is 0 Å². The number of carbonyl (C=O) groups excluding carboxylic acids is 1. The standard InChI is InChI=1S/C11H24N2O2.ClH/c1-8(2)5-6-15-10(4)11(14)13-9(3)7-12;/h8-10H,5-7,12H2,1-4H3,(H,13,14);1H/t9-,10?;/m0./s1. The van der Waals surface area contributed by atoms with E-state index in [1.807, 2.05) is 6.92 Å². The summed E-state index contributed by atoms with van der Waals surface area (Å²) in [7, 11) is 0. The van der Waals surface area contributed by atoms with Crippen molar-refractivity contribution in [2.45, 2.75) is 46.3 Å². The minimum Gasteiger partial charge on any atom is -0.369 e. The lowest BCUT2D eigenvalue weighted by Crippen LogP contribution is -2.43. The quantitative estimate of drug-likeness (QED) is 0.718. The Hall–Kier alpha value is -0.320. The third kappa shape index (κ3) is 8.95. The molecular formula is C11H25ClN2O2. The summed E-state index contributed by atoms with van der Waals surface area (Å²) in [6.07, 6.45) is 0.585. The predicted octanol–water partition coefficient (Wildman–Crippen LogP) is 1.32. The Morgan fingerprint density at radius 2 is 1.88 bits per heavy atom. The first-order valence-electron chi connectivity index (χ1n) is 5.59. The van der Waals surface area contributed by atoms with E-state index >= 15 is 0 Å². The maximum atomic E-state index is 11.5. The first-order chi connectivity index (χ1) is 6.97. The monoisotopic (exact) mass is 252 g/mol. The summed E-state index contributed by atoms with van der Waals surface area (Å²) < 4.78 is 5.41. The summed E-state index contributed by atoms with van der Waals surface area (Å²) in [5.74, 6) is 0.514. The number of nitrogens with two attached hydrogens (primary N) is 1. The van der Waals surface area contributed by atoms with Crippen molar-refractivity contribution in [2.24, 2.45) is 11.7 Å². The molecule has 0 aromatic carbocycles. The minimum absolute atomic E-state index is 0. The van der Waals surface area contributed by atoms with E-state index in [9.17, 15) is 4.79 Å². The SMILES string of the molecule is CC(C)CCOC(C)C(=O)N[C@@H](C)CN.Cl. The summed E-state index contributed by atoms with van der Waals surface area (Å²) in [5, 5.41) is 2.78. The molecule has 4 nitrogen and oxygen atoms in total. The van der Waals surface area contributed by atoms with Crippen molar-refractivity contribution in [3.63, 3.8) is 0 Å². The molecule has 0 saturated carbocycles. The maximum Gasteiger partial charge on any atom is 0.249 e. The van der Waals surface area contributed by atoms with E-state index in [0.717, 1.165) is 6.42 Å². The smallest absolute Gasteiger partial charge is 0.249 e. The third-order valence-electron chi connectivity index (χ3n) is 2.17. The number of hydrogen-bond acceptors (Lipinski definition) is 3. The van der Waals surface area contributed by atoms with Crippen molar-refractivity contribution in [1.82, 2.24) is 5.32 Å². The van der Waals surface area contributed by atoms with E-state index in [-0.39, 0.29) is 24.4 Å². The highest BCUT2D eigenvalue weighted by Gasteiger charge is 2.14. The van der Waals surface area contributed by atoms with Gasteiger partial charge in [-0.3, -0.25) is 4.79 Å². The maximum absolute atomic E-state index is 11.5. The Morgan fingerprint density at radius 3 is 2.31 bits per heavy atom. The van der Waals surface area contributed by atoms with Crippen LogP contribution in [0.2, 0.25) is 0 Å². The van der Waals surface area contributed by atoms with Gasteiger partial charge in [-0.1, -0.05) is 13.8 Å². The zero-order valence-electron chi connectivity index (χ0n) is 10.7. The number of amides is 1. The van der Waals surface area contributed by atoms with Gasteiger partial charge in [-0.25, -0.2) is 0 Å². The Labute approximate surface area is 105 Å². The zero-order chi connectivity index (χ0) is 11.8. The molecule has 0 aromatic heterocycles. The molecule has 0 aliphatic rings. The van der Waals surface area contributed by atoms with E-state index in [4.69, 9.17) is 10.5 Å². The van der Waals surface area contributed by atoms with Gasteiger partial charge in [0.15, 0.2) is 0 Å². The molecule has 1 amide bonds. The molecule has 0 bridgehead atoms. The van der Waals surface area contributed by atoms with Crippen molar-refractivity contribution in [1.29, 1.82) is 0 Å². The van der Waals surface area contributed by atoms with Gasteiger partial charge in [-0.2, -0.15) is 0 Å². The highest BCUT2D eigenvalue weighted by Crippen LogP contribution is 2.01. The summed E-state index contributed by atoms with van der Waals surface area (Å²) in [6, 6.07) is 0.00801. The van der Waals surface area contributed by atoms with E-state index in [1.165, 1.54) is 0 Å². The Bertz CT molecular complexity index is 189. The molecule has 0 spiro atoms. The van der Waals surface area contributed by atoms with Gasteiger partial charge >= 0.3 is 0 Å². The van der Waals surface area contributed by atoms with Crippen LogP contribution in [0.1, 0.15) is 34.1 Å². The van der Waals surface area contributed by atoms with Crippen molar-refractivity contribution in [3.8, 4) is 0 Å². The highest BCUT2D eigenvalue weighted by atomic mass is 35.5. The van der Waals surface area contributed by atoms with E-state index in [1.54, 1.807) is 6.92 Å². The largest absolute Gasteiger partial charge is 0.369 e. The molecular weight excluding hydrogens is 228 g/mol. The molecule has 2 atom stereocenters. The molecule has 16 heavy (non-hydrogen) atoms. The fourth-order valence-electron chi connectivity index (χ4n) is 0.975. The molecule has 0 fully saturated rings. The molecule has 0 rings (SSSR count). The Kier molecular flexibility index (Phi) is 11.1. The molecule has 98 valence electrons. The average Bonchev–Trinajstić information content (AvgIpc) is 2.16. The van der Waals surface area contributed by atoms with Crippen molar-refractivity contribution < 1.29 is 9.53 Å². The third-order valence-corrected chi connectivity index (χ3v) is 2.17. The number of ether oxygens (including phenoxy) is 1. The first-order valence-corrected chi connectivity index (χ1v) is 5.59. The average molecular weight is 253 g/mol. The first kappa shape index (κ1) is 18.1. The summed E-state index contributed by atoms with van der Waals surface area (Å²) in [6.45, 7) is 8.97. The highest BCUT2D eigenvalue weighted by molar-refractivity contribution is 5.85. The van der Waals surface area contributed by atoms with Gasteiger partial charge in [-0.15, -0.1) is 12.4 Å². The lowest BCUT2D eigenvalue weighted by atomic mass is 10.1. The number of halogens is 1. The van der Waals surface area contributed by atoms with Gasteiger partial charge < -0.3 is 15.8 Å². The van der Waals surface area contributed by atoms with Gasteiger partial charge in [0.2, 0.25) is 5.91 Å². The molecule has 0 saturated heterocycles. The normalized spacial score (nSPS) is 14.1. The topological polar surface area (TPSA) is 64.3 Å². The summed E-state index contributed by atoms with van der Waals surface area (Å²) in [5.41, 5.74) is 5.40. The van der Waals surface area contributed by atoms with Crippen LogP contribution in [0.5, 0.6) is 0 Å². The van der Waals surface area contributed by atoms with Gasteiger partial charge in [0.25, 0.3) is 0 Å². The second kappa shape index (κ2) is 9.87. The molecule has 0 aliphatic heterocycles. The van der Waals surface area contributed by atoms with Crippen LogP contribution in [0.4, 0.5) is 0 Å². The fraction of sp³-hybridized carbons (Fsp3) is 0.909. The van der Waals surface area contributed by atoms with Crippen molar-refractivity contribution in [3.05, 3.63) is 0 Å². The van der Waals surface area contributed by atoms with Crippen LogP contribution >= 0.6 is 12.4 Å². The molecule has 5 heteroatoms. The second-order valence-corrected chi connectivity index (χ2v) is 4.34. The molecule has 0 heterocycles. The van der Waals surface area contributed by atoms with Crippen LogP contribution in [0, 0.1) is 5.92 Å². The summed E-state index contributed by atoms with van der Waals surface area (Å²) >= 11 is 0. The molecule has 0 aliphatic carbocycles. The number of rotatable bonds is 7. The fourth-order valence-corrected chi connectivity index (χ4v) is 0.975. The van der Waals surface area contributed by atoms with Crippen LogP contribution < -0.4 is 11.1 Å². The van der Waals surface area contributed by atoms with Gasteiger partial charge in [0, 0.05) is 19.2 Å². The Balaban J connectivity index is 0. The van der Waals surface area contributed by atoms with Gasteiger partial charge in [0.1, 0.15) is 6.10 Å². The van der Waals surface area contributed by atoms with Gasteiger partial charge in [-0.05, 0) is 26.2 Å². The minimum atomic E-state index is -0.391. The summed E-state index contributed by atoms with van der Waals surface area (Å²) in [4.78, 5) is 11.5. The molecule has 0 aromatic rings. The van der Waals surface area contributed by atoms with E-state index in [2.05, 4.69) is 19.2 Å². The van der Waals surface area contributed by atoms with Crippen LogP contribution in [0.3, 0.4) is 0 Å². The number of carbonyl (C=O) groups is 1. The number of nitrogens with one attached hydrogen (secondary N) is 1. The molecule has 1 unspecified atom stereocenters. The van der Waals surface area contributed by atoms with Gasteiger partial charge in [0.05, 0.1) is 0 Å². The number of hydrogen-bond donors (Lipinski definition) is 2. The van der Waals surface area contributed by atoms with Crippen molar-refractivity contribution >= 4 is 18.3 Å². The van der Waals surface area contributed by atoms with E-state index in [0.29, 0.717) is 19.1 Å².